The van der Waals surface area contributed by atoms with Crippen LogP contribution in [-0.2, 0) is 0 Å². The van der Waals surface area contributed by atoms with Crippen LogP contribution in [0.3, 0.4) is 0 Å². The molecule has 0 saturated heterocycles. The zero-order chi connectivity index (χ0) is 14.4. The van der Waals surface area contributed by atoms with Gasteiger partial charge in [-0.1, -0.05) is 0 Å². The summed E-state index contributed by atoms with van der Waals surface area (Å²) in [5.41, 5.74) is 1.46. The highest BCUT2D eigenvalue weighted by Gasteiger charge is 2.14. The molecule has 4 nitrogen and oxygen atoms in total. The molecule has 106 valence electrons. The van der Waals surface area contributed by atoms with E-state index in [1.807, 2.05) is 0 Å². The van der Waals surface area contributed by atoms with Gasteiger partial charge in [-0.05, 0) is 44.2 Å². The van der Waals surface area contributed by atoms with E-state index in [-0.39, 0.29) is 11.7 Å². The quantitative estimate of drug-likeness (QED) is 0.777. The summed E-state index contributed by atoms with van der Waals surface area (Å²) in [4.78, 5) is 11.8. The van der Waals surface area contributed by atoms with Crippen molar-refractivity contribution in [2.45, 2.75) is 20.5 Å². The third-order valence-corrected chi connectivity index (χ3v) is 2.59. The lowest BCUT2D eigenvalue weighted by molar-refractivity contribution is -0.0507. The number of carbonyl (C=O) groups is 1. The molecule has 0 aliphatic heterocycles. The SMILES string of the molecule is CNCCNC(=O)c1cc(C)c(OC(F)F)c(C)c1. The van der Waals surface area contributed by atoms with E-state index in [0.717, 1.165) is 0 Å². The number of ether oxygens (including phenoxy) is 1. The van der Waals surface area contributed by atoms with E-state index in [4.69, 9.17) is 0 Å². The number of halogens is 2. The summed E-state index contributed by atoms with van der Waals surface area (Å²) in [6.45, 7) is 1.57. The van der Waals surface area contributed by atoms with Gasteiger partial charge >= 0.3 is 6.61 Å². The molecule has 0 fully saturated rings. The van der Waals surface area contributed by atoms with Gasteiger partial charge in [-0.2, -0.15) is 8.78 Å². The molecule has 19 heavy (non-hydrogen) atoms. The van der Waals surface area contributed by atoms with Crippen molar-refractivity contribution in [1.29, 1.82) is 0 Å². The largest absolute Gasteiger partial charge is 0.434 e. The van der Waals surface area contributed by atoms with Crippen molar-refractivity contribution in [3.05, 3.63) is 28.8 Å². The maximum Gasteiger partial charge on any atom is 0.387 e. The molecule has 2 N–H and O–H groups in total. The number of nitrogens with one attached hydrogen (secondary N) is 2. The lowest BCUT2D eigenvalue weighted by Crippen LogP contribution is -2.30. The van der Waals surface area contributed by atoms with Crippen LogP contribution < -0.4 is 15.4 Å². The first-order chi connectivity index (χ1) is 8.95. The predicted octanol–water partition coefficient (Wildman–Crippen LogP) is 1.85. The summed E-state index contributed by atoms with van der Waals surface area (Å²) >= 11 is 0. The van der Waals surface area contributed by atoms with Crippen molar-refractivity contribution < 1.29 is 18.3 Å². The van der Waals surface area contributed by atoms with Gasteiger partial charge in [-0.25, -0.2) is 0 Å². The fraction of sp³-hybridized carbons (Fsp3) is 0.462. The minimum atomic E-state index is -2.87. The Morgan fingerprint density at radius 3 is 2.32 bits per heavy atom. The second kappa shape index (κ2) is 7.04. The topological polar surface area (TPSA) is 50.4 Å². The average molecular weight is 272 g/mol. The van der Waals surface area contributed by atoms with E-state index in [0.29, 0.717) is 29.8 Å². The maximum absolute atomic E-state index is 12.2. The molecular formula is C13H18F2N2O2. The van der Waals surface area contributed by atoms with E-state index >= 15 is 0 Å². The number of hydrogen-bond acceptors (Lipinski definition) is 3. The minimum absolute atomic E-state index is 0.127. The zero-order valence-electron chi connectivity index (χ0n) is 11.2. The Morgan fingerprint density at radius 1 is 1.26 bits per heavy atom. The van der Waals surface area contributed by atoms with E-state index in [1.54, 1.807) is 33.0 Å². The Hall–Kier alpha value is -1.69. The van der Waals surface area contributed by atoms with Gasteiger partial charge < -0.3 is 15.4 Å². The van der Waals surface area contributed by atoms with E-state index in [2.05, 4.69) is 15.4 Å². The van der Waals surface area contributed by atoms with Crippen LogP contribution in [0.5, 0.6) is 5.75 Å². The normalized spacial score (nSPS) is 10.6. The third-order valence-electron chi connectivity index (χ3n) is 2.59. The second-order valence-corrected chi connectivity index (χ2v) is 4.18. The van der Waals surface area contributed by atoms with Gasteiger partial charge in [0.15, 0.2) is 0 Å². The number of carbonyl (C=O) groups excluding carboxylic acids is 1. The summed E-state index contributed by atoms with van der Waals surface area (Å²) in [6, 6.07) is 3.08. The Bertz CT molecular complexity index is 427. The van der Waals surface area contributed by atoms with Crippen molar-refractivity contribution in [1.82, 2.24) is 10.6 Å². The van der Waals surface area contributed by atoms with Crippen molar-refractivity contribution in [3.63, 3.8) is 0 Å². The molecule has 0 aliphatic carbocycles. The van der Waals surface area contributed by atoms with E-state index in [1.165, 1.54) is 0 Å². The summed E-state index contributed by atoms with van der Waals surface area (Å²) in [7, 11) is 1.79. The molecule has 0 atom stereocenters. The van der Waals surface area contributed by atoms with Crippen molar-refractivity contribution in [2.75, 3.05) is 20.1 Å². The fourth-order valence-corrected chi connectivity index (χ4v) is 1.76. The zero-order valence-corrected chi connectivity index (χ0v) is 11.2. The molecule has 0 unspecified atom stereocenters. The number of aryl methyl sites for hydroxylation is 2. The molecule has 1 rings (SSSR count). The lowest BCUT2D eigenvalue weighted by atomic mass is 10.1. The molecule has 1 aromatic rings. The van der Waals surface area contributed by atoms with E-state index in [9.17, 15) is 13.6 Å². The molecule has 0 radical (unpaired) electrons. The number of benzene rings is 1. The fourth-order valence-electron chi connectivity index (χ4n) is 1.76. The van der Waals surface area contributed by atoms with Crippen molar-refractivity contribution in [3.8, 4) is 5.75 Å². The highest BCUT2D eigenvalue weighted by atomic mass is 19.3. The van der Waals surface area contributed by atoms with Gasteiger partial charge in [0.05, 0.1) is 0 Å². The Morgan fingerprint density at radius 2 is 1.84 bits per heavy atom. The highest BCUT2D eigenvalue weighted by molar-refractivity contribution is 5.94. The van der Waals surface area contributed by atoms with Crippen molar-refractivity contribution in [2.24, 2.45) is 0 Å². The lowest BCUT2D eigenvalue weighted by Gasteiger charge is -2.13. The first kappa shape index (κ1) is 15.4. The highest BCUT2D eigenvalue weighted by Crippen LogP contribution is 2.26. The summed E-state index contributed by atoms with van der Waals surface area (Å²) < 4.78 is 28.9. The molecule has 6 heteroatoms. The first-order valence-electron chi connectivity index (χ1n) is 5.94. The van der Waals surface area contributed by atoms with Crippen LogP contribution in [0.4, 0.5) is 8.78 Å². The Kier molecular flexibility index (Phi) is 5.69. The monoisotopic (exact) mass is 272 g/mol. The van der Waals surface area contributed by atoms with Gasteiger partial charge in [0, 0.05) is 18.7 Å². The number of hydrogen-bond donors (Lipinski definition) is 2. The number of alkyl halides is 2. The van der Waals surface area contributed by atoms with Crippen LogP contribution in [-0.4, -0.2) is 32.7 Å². The molecule has 1 amide bonds. The van der Waals surface area contributed by atoms with Gasteiger partial charge in [0.2, 0.25) is 0 Å². The molecule has 0 spiro atoms. The summed E-state index contributed by atoms with van der Waals surface area (Å²) in [5, 5.41) is 5.63. The molecular weight excluding hydrogens is 254 g/mol. The maximum atomic E-state index is 12.2. The summed E-state index contributed by atoms with van der Waals surface area (Å²) in [5.74, 6) is -0.105. The smallest absolute Gasteiger partial charge is 0.387 e. The number of amides is 1. The first-order valence-corrected chi connectivity index (χ1v) is 5.94. The van der Waals surface area contributed by atoms with Crippen LogP contribution >= 0.6 is 0 Å². The number of rotatable bonds is 6. The van der Waals surface area contributed by atoms with Crippen LogP contribution in [0, 0.1) is 13.8 Å². The minimum Gasteiger partial charge on any atom is -0.434 e. The van der Waals surface area contributed by atoms with Crippen LogP contribution in [0.2, 0.25) is 0 Å². The van der Waals surface area contributed by atoms with Gasteiger partial charge in [0.25, 0.3) is 5.91 Å². The molecule has 0 heterocycles. The van der Waals surface area contributed by atoms with Gasteiger partial charge in [0.1, 0.15) is 5.75 Å². The Balaban J connectivity index is 2.85. The standard InChI is InChI=1S/C13H18F2N2O2/c1-8-6-10(12(18)17-5-4-16-3)7-9(2)11(8)19-13(14)15/h6-7,13,16H,4-5H2,1-3H3,(H,17,18). The predicted molar refractivity (Wildman–Crippen MR) is 68.8 cm³/mol. The number of likely N-dealkylation sites (N-methyl/N-ethyl adjacent to an activating group) is 1. The van der Waals surface area contributed by atoms with Crippen LogP contribution in [0.1, 0.15) is 21.5 Å². The van der Waals surface area contributed by atoms with Crippen LogP contribution in [0.25, 0.3) is 0 Å². The van der Waals surface area contributed by atoms with Crippen molar-refractivity contribution >= 4 is 5.91 Å². The average Bonchev–Trinajstić information content (AvgIpc) is 2.33. The van der Waals surface area contributed by atoms with E-state index < -0.39 is 6.61 Å². The summed E-state index contributed by atoms with van der Waals surface area (Å²) in [6.07, 6.45) is 0. The molecule has 0 aliphatic rings. The van der Waals surface area contributed by atoms with Gasteiger partial charge in [-0.15, -0.1) is 0 Å². The second-order valence-electron chi connectivity index (χ2n) is 4.18. The van der Waals surface area contributed by atoms with Crippen LogP contribution in [0.15, 0.2) is 12.1 Å². The van der Waals surface area contributed by atoms with Gasteiger partial charge in [-0.3, -0.25) is 4.79 Å². The Labute approximate surface area is 111 Å². The molecule has 0 bridgehead atoms. The third kappa shape index (κ3) is 4.48. The molecule has 0 aromatic heterocycles. The molecule has 1 aromatic carbocycles. The molecule has 0 saturated carbocycles.